The van der Waals surface area contributed by atoms with Crippen molar-refractivity contribution in [2.45, 2.75) is 70.2 Å². The summed E-state index contributed by atoms with van der Waals surface area (Å²) in [7, 11) is 0. The maximum Gasteiger partial charge on any atom is 0.235 e. The molecule has 54 heavy (non-hydrogen) atoms. The number of quaternary nitrogens is 1. The molecule has 6 aliphatic rings. The SMILES string of the molecule is CC1C=CC(C2=NC(C3=CC(C)C(n4c5c(c6ccc(-c7cccc8c7OC7C=CC=CC87C)cc64)C=CCC5C)C=C3)[NH2+]C(c3ccccc3)=N2)=CC1. The quantitative estimate of drug-likeness (QED) is 0.221. The minimum atomic E-state index is -0.160. The lowest BCUT2D eigenvalue weighted by atomic mass is 9.76. The van der Waals surface area contributed by atoms with E-state index in [1.165, 1.54) is 38.9 Å². The fourth-order valence-corrected chi connectivity index (χ4v) is 9.42. The summed E-state index contributed by atoms with van der Waals surface area (Å²) in [5.41, 5.74) is 11.0. The van der Waals surface area contributed by atoms with Crippen molar-refractivity contribution in [3.8, 4) is 16.9 Å². The molecule has 5 nitrogen and oxygen atoms in total. The molecule has 7 atom stereocenters. The van der Waals surface area contributed by atoms with Crippen molar-refractivity contribution in [3.05, 3.63) is 167 Å². The topological polar surface area (TPSA) is 55.5 Å². The predicted octanol–water partition coefficient (Wildman–Crippen LogP) is 9.92. The van der Waals surface area contributed by atoms with Gasteiger partial charge in [-0.1, -0.05) is 136 Å². The van der Waals surface area contributed by atoms with Crippen LogP contribution in [0.15, 0.2) is 155 Å². The first kappa shape index (κ1) is 33.1. The van der Waals surface area contributed by atoms with Gasteiger partial charge in [0.25, 0.3) is 0 Å². The third-order valence-electron chi connectivity index (χ3n) is 12.5. The Hall–Kier alpha value is -5.52. The number of hydrogen-bond acceptors (Lipinski definition) is 3. The zero-order valence-corrected chi connectivity index (χ0v) is 31.5. The van der Waals surface area contributed by atoms with Crippen molar-refractivity contribution in [3.63, 3.8) is 0 Å². The molecule has 10 rings (SSSR count). The van der Waals surface area contributed by atoms with Crippen LogP contribution in [-0.4, -0.2) is 28.5 Å². The third kappa shape index (κ3) is 5.32. The van der Waals surface area contributed by atoms with Gasteiger partial charge in [0.15, 0.2) is 5.84 Å². The minimum Gasteiger partial charge on any atom is -0.484 e. The zero-order valence-electron chi connectivity index (χ0n) is 31.5. The first-order valence-electron chi connectivity index (χ1n) is 19.7. The van der Waals surface area contributed by atoms with E-state index < -0.39 is 0 Å². The Morgan fingerprint density at radius 3 is 2.59 bits per heavy atom. The van der Waals surface area contributed by atoms with Crippen molar-refractivity contribution in [2.75, 3.05) is 0 Å². The number of ether oxygens (including phenoxy) is 1. The number of aromatic nitrogens is 1. The van der Waals surface area contributed by atoms with Gasteiger partial charge in [0.1, 0.15) is 11.9 Å². The number of nitrogens with zero attached hydrogens (tertiary/aromatic N) is 3. The molecule has 0 saturated heterocycles. The number of hydrogen-bond donors (Lipinski definition) is 1. The summed E-state index contributed by atoms with van der Waals surface area (Å²) in [6, 6.07) is 24.4. The molecule has 3 heterocycles. The Kier molecular flexibility index (Phi) is 7.85. The Labute approximate surface area is 318 Å². The van der Waals surface area contributed by atoms with Gasteiger partial charge in [0, 0.05) is 44.8 Å². The fourth-order valence-electron chi connectivity index (χ4n) is 9.42. The number of nitrogens with two attached hydrogens (primary N) is 1. The molecule has 4 aromatic rings. The summed E-state index contributed by atoms with van der Waals surface area (Å²) in [6.45, 7) is 9.29. The number of rotatable bonds is 5. The normalized spacial score (nSPS) is 29.2. The van der Waals surface area contributed by atoms with E-state index in [0.29, 0.717) is 11.8 Å². The lowest BCUT2D eigenvalue weighted by Crippen LogP contribution is -2.94. The van der Waals surface area contributed by atoms with Gasteiger partial charge in [-0.05, 0) is 61.4 Å². The first-order chi connectivity index (χ1) is 26.4. The highest BCUT2D eigenvalue weighted by Crippen LogP contribution is 2.51. The average Bonchev–Trinajstić information content (AvgIpc) is 3.70. The lowest BCUT2D eigenvalue weighted by molar-refractivity contribution is -0.569. The van der Waals surface area contributed by atoms with Crippen LogP contribution in [0.3, 0.4) is 0 Å². The Bertz CT molecular complexity index is 2480. The Balaban J connectivity index is 1.04. The fraction of sp³-hybridized carbons (Fsp3) is 0.265. The van der Waals surface area contributed by atoms with E-state index in [2.05, 4.69) is 177 Å². The number of fused-ring (bicyclic) bond motifs is 6. The lowest BCUT2D eigenvalue weighted by Gasteiger charge is -2.31. The number of aliphatic imine (C=N–C) groups is 2. The second-order valence-corrected chi connectivity index (χ2v) is 16.2. The second kappa shape index (κ2) is 12.8. The summed E-state index contributed by atoms with van der Waals surface area (Å²) in [5, 5.41) is 3.56. The summed E-state index contributed by atoms with van der Waals surface area (Å²) in [6.07, 6.45) is 29.4. The molecule has 5 heteroatoms. The van der Waals surface area contributed by atoms with E-state index in [9.17, 15) is 0 Å². The molecule has 1 aromatic heterocycles. The van der Waals surface area contributed by atoms with Crippen LogP contribution in [0.1, 0.15) is 74.9 Å². The summed E-state index contributed by atoms with van der Waals surface area (Å²) < 4.78 is 9.38. The molecule has 0 saturated carbocycles. The molecule has 0 spiro atoms. The monoisotopic (exact) mass is 707 g/mol. The van der Waals surface area contributed by atoms with Crippen LogP contribution in [-0.2, 0) is 5.41 Å². The first-order valence-corrected chi connectivity index (χ1v) is 19.7. The molecule has 0 amide bonds. The standard InChI is InChI=1S/C49H46N4O/c1-30-19-21-34(22-20-30)47-50-46(33-13-6-5-7-14-33)51-48(52-47)36-24-26-41(32(3)28-36)53-42-29-35(23-25-38(42)39-16-10-12-31(2)44(39)53)37-15-11-17-40-45(37)54-43-18-8-9-27-49(40,43)4/h5-11,13-19,21-32,41,43,48H,12,20H2,1-4H3,(H,50,51,52)/p+1. The predicted molar refractivity (Wildman–Crippen MR) is 222 cm³/mol. The Morgan fingerprint density at radius 1 is 0.870 bits per heavy atom. The van der Waals surface area contributed by atoms with Gasteiger partial charge in [-0.25, -0.2) is 4.99 Å². The number of benzene rings is 3. The molecule has 0 fully saturated rings. The highest BCUT2D eigenvalue weighted by molar-refractivity contribution is 6.10. The van der Waals surface area contributed by atoms with Crippen LogP contribution >= 0.6 is 0 Å². The van der Waals surface area contributed by atoms with Crippen LogP contribution in [0.5, 0.6) is 5.75 Å². The molecule has 2 N–H and O–H groups in total. The van der Waals surface area contributed by atoms with Crippen LogP contribution in [0.4, 0.5) is 0 Å². The molecule has 268 valence electrons. The molecular formula is C49H47N4O+. The van der Waals surface area contributed by atoms with Gasteiger partial charge in [-0.15, -0.1) is 0 Å². The van der Waals surface area contributed by atoms with Gasteiger partial charge < -0.3 is 9.30 Å². The van der Waals surface area contributed by atoms with E-state index in [0.717, 1.165) is 47.0 Å². The van der Waals surface area contributed by atoms with Gasteiger partial charge in [0.2, 0.25) is 12.0 Å². The van der Waals surface area contributed by atoms with Crippen molar-refractivity contribution in [1.29, 1.82) is 0 Å². The summed E-state index contributed by atoms with van der Waals surface area (Å²) in [5.74, 6) is 4.01. The van der Waals surface area contributed by atoms with Crippen molar-refractivity contribution >= 4 is 28.7 Å². The van der Waals surface area contributed by atoms with Crippen LogP contribution in [0, 0.1) is 11.8 Å². The molecule has 0 radical (unpaired) electrons. The third-order valence-corrected chi connectivity index (χ3v) is 12.5. The Morgan fingerprint density at radius 2 is 1.76 bits per heavy atom. The molecule has 2 aliphatic heterocycles. The zero-order chi connectivity index (χ0) is 36.6. The molecule has 3 aromatic carbocycles. The largest absolute Gasteiger partial charge is 0.484 e. The maximum atomic E-state index is 6.73. The van der Waals surface area contributed by atoms with Gasteiger partial charge in [0.05, 0.1) is 22.5 Å². The van der Waals surface area contributed by atoms with Gasteiger partial charge in [-0.3, -0.25) is 5.32 Å². The molecular weight excluding hydrogens is 661 g/mol. The second-order valence-electron chi connectivity index (χ2n) is 16.2. The van der Waals surface area contributed by atoms with Gasteiger partial charge >= 0.3 is 0 Å². The molecule has 7 unspecified atom stereocenters. The van der Waals surface area contributed by atoms with Crippen LogP contribution in [0.2, 0.25) is 0 Å². The van der Waals surface area contributed by atoms with Crippen molar-refractivity contribution in [1.82, 2.24) is 4.57 Å². The van der Waals surface area contributed by atoms with Crippen molar-refractivity contribution < 1.29 is 10.1 Å². The maximum absolute atomic E-state index is 6.73. The van der Waals surface area contributed by atoms with Crippen LogP contribution in [0.25, 0.3) is 28.1 Å². The van der Waals surface area contributed by atoms with Crippen LogP contribution < -0.4 is 10.1 Å². The van der Waals surface area contributed by atoms with E-state index in [1.807, 2.05) is 0 Å². The van der Waals surface area contributed by atoms with Gasteiger partial charge in [-0.2, -0.15) is 4.99 Å². The summed E-state index contributed by atoms with van der Waals surface area (Å²) >= 11 is 0. The smallest absolute Gasteiger partial charge is 0.235 e. The minimum absolute atomic E-state index is 0.00942. The average molecular weight is 708 g/mol. The molecule has 4 aliphatic carbocycles. The van der Waals surface area contributed by atoms with E-state index in [1.54, 1.807) is 0 Å². The van der Waals surface area contributed by atoms with E-state index >= 15 is 0 Å². The number of allylic oxidation sites excluding steroid dienone is 7. The highest BCUT2D eigenvalue weighted by Gasteiger charge is 2.44. The summed E-state index contributed by atoms with van der Waals surface area (Å²) in [4.78, 5) is 10.4. The van der Waals surface area contributed by atoms with E-state index in [-0.39, 0.29) is 29.6 Å². The number of amidine groups is 2. The van der Waals surface area contributed by atoms with E-state index in [4.69, 9.17) is 14.7 Å². The van der Waals surface area contributed by atoms with Crippen molar-refractivity contribution in [2.24, 2.45) is 21.8 Å². The highest BCUT2D eigenvalue weighted by atomic mass is 16.5. The number of para-hydroxylation sites is 1. The molecule has 0 bridgehead atoms.